The third-order valence-corrected chi connectivity index (χ3v) is 5.54. The highest BCUT2D eigenvalue weighted by atomic mass is 79.9. The SMILES string of the molecule is C=CCn1c(S[C@@H](C)C(=O)c2ccc(Br)cc2)nc2ccccc2c1=O. The van der Waals surface area contributed by atoms with Gasteiger partial charge < -0.3 is 0 Å². The van der Waals surface area contributed by atoms with Crippen LogP contribution in [0.25, 0.3) is 10.9 Å². The highest BCUT2D eigenvalue weighted by Crippen LogP contribution is 2.25. The molecule has 1 atom stereocenters. The average Bonchev–Trinajstić information content (AvgIpc) is 2.65. The Balaban J connectivity index is 1.97. The van der Waals surface area contributed by atoms with Crippen molar-refractivity contribution < 1.29 is 4.79 Å². The number of allylic oxidation sites excluding steroid dienone is 1. The lowest BCUT2D eigenvalue weighted by Crippen LogP contribution is -2.24. The number of nitrogens with zero attached hydrogens (tertiary/aromatic N) is 2. The Morgan fingerprint density at radius 3 is 2.65 bits per heavy atom. The van der Waals surface area contributed by atoms with Gasteiger partial charge >= 0.3 is 0 Å². The van der Waals surface area contributed by atoms with Crippen LogP contribution in [0.4, 0.5) is 0 Å². The topological polar surface area (TPSA) is 52.0 Å². The number of carbonyl (C=O) groups excluding carboxylic acids is 1. The number of para-hydroxylation sites is 1. The van der Waals surface area contributed by atoms with Gasteiger partial charge in [0.25, 0.3) is 5.56 Å². The summed E-state index contributed by atoms with van der Waals surface area (Å²) in [5, 5.41) is 0.706. The van der Waals surface area contributed by atoms with E-state index in [1.807, 2.05) is 31.2 Å². The largest absolute Gasteiger partial charge is 0.293 e. The van der Waals surface area contributed by atoms with Crippen LogP contribution in [0.2, 0.25) is 0 Å². The fraction of sp³-hybridized carbons (Fsp3) is 0.150. The molecule has 1 aromatic heterocycles. The van der Waals surface area contributed by atoms with Crippen molar-refractivity contribution in [2.24, 2.45) is 0 Å². The molecule has 3 rings (SSSR count). The van der Waals surface area contributed by atoms with Gasteiger partial charge in [-0.25, -0.2) is 4.98 Å². The number of hydrogen-bond acceptors (Lipinski definition) is 4. The molecule has 0 bridgehead atoms. The van der Waals surface area contributed by atoms with Crippen LogP contribution in [0.15, 0.2) is 75.6 Å². The molecule has 0 amide bonds. The number of thioether (sulfide) groups is 1. The van der Waals surface area contributed by atoms with Gasteiger partial charge in [-0.2, -0.15) is 0 Å². The van der Waals surface area contributed by atoms with Crippen molar-refractivity contribution in [2.45, 2.75) is 23.9 Å². The zero-order chi connectivity index (χ0) is 18.7. The standard InChI is InChI=1S/C20H17BrN2O2S/c1-3-12-23-19(25)16-6-4-5-7-17(16)22-20(23)26-13(2)18(24)14-8-10-15(21)11-9-14/h3-11,13H,1,12H2,2H3/t13-/m0/s1. The average molecular weight is 429 g/mol. The molecule has 0 saturated carbocycles. The Morgan fingerprint density at radius 1 is 1.27 bits per heavy atom. The fourth-order valence-electron chi connectivity index (χ4n) is 2.59. The maximum Gasteiger partial charge on any atom is 0.262 e. The fourth-order valence-corrected chi connectivity index (χ4v) is 3.85. The van der Waals surface area contributed by atoms with Gasteiger partial charge in [0.1, 0.15) is 0 Å². The minimum absolute atomic E-state index is 0.00457. The molecule has 4 nitrogen and oxygen atoms in total. The van der Waals surface area contributed by atoms with Gasteiger partial charge in [0, 0.05) is 16.6 Å². The molecule has 0 N–H and O–H groups in total. The van der Waals surface area contributed by atoms with Crippen molar-refractivity contribution in [1.29, 1.82) is 0 Å². The Morgan fingerprint density at radius 2 is 1.96 bits per heavy atom. The van der Waals surface area contributed by atoms with Crippen molar-refractivity contribution in [3.8, 4) is 0 Å². The predicted octanol–water partition coefficient (Wildman–Crippen LogP) is 4.71. The van der Waals surface area contributed by atoms with Crippen molar-refractivity contribution in [2.75, 3.05) is 0 Å². The lowest BCUT2D eigenvalue weighted by molar-refractivity contribution is 0.0994. The minimum Gasteiger partial charge on any atom is -0.293 e. The van der Waals surface area contributed by atoms with Gasteiger partial charge in [-0.1, -0.05) is 58.0 Å². The normalized spacial score (nSPS) is 12.1. The highest BCUT2D eigenvalue weighted by Gasteiger charge is 2.20. The zero-order valence-electron chi connectivity index (χ0n) is 14.2. The smallest absolute Gasteiger partial charge is 0.262 e. The highest BCUT2D eigenvalue weighted by molar-refractivity contribution is 9.10. The minimum atomic E-state index is -0.375. The summed E-state index contributed by atoms with van der Waals surface area (Å²) >= 11 is 4.66. The summed E-state index contributed by atoms with van der Waals surface area (Å²) in [4.78, 5) is 30.1. The molecule has 132 valence electrons. The van der Waals surface area contributed by atoms with Crippen LogP contribution in [0.3, 0.4) is 0 Å². The Hall–Kier alpha value is -2.18. The summed E-state index contributed by atoms with van der Waals surface area (Å²) in [6, 6.07) is 14.5. The summed E-state index contributed by atoms with van der Waals surface area (Å²) in [5.74, 6) is -0.00457. The molecule has 3 aromatic rings. The number of rotatable bonds is 6. The van der Waals surface area contributed by atoms with E-state index >= 15 is 0 Å². The van der Waals surface area contributed by atoms with Crippen LogP contribution in [0.1, 0.15) is 17.3 Å². The number of benzene rings is 2. The molecule has 0 unspecified atom stereocenters. The summed E-state index contributed by atoms with van der Waals surface area (Å²) < 4.78 is 2.48. The molecule has 6 heteroatoms. The number of ketones is 1. The molecule has 0 spiro atoms. The van der Waals surface area contributed by atoms with Gasteiger partial charge in [0.2, 0.25) is 0 Å². The second-order valence-electron chi connectivity index (χ2n) is 5.75. The first-order valence-electron chi connectivity index (χ1n) is 8.08. The van der Waals surface area contributed by atoms with Gasteiger partial charge in [-0.15, -0.1) is 6.58 Å². The Bertz CT molecular complexity index is 1030. The summed E-state index contributed by atoms with van der Waals surface area (Å²) in [5.41, 5.74) is 1.14. The van der Waals surface area contributed by atoms with Gasteiger partial charge in [0.05, 0.1) is 16.2 Å². The molecule has 0 saturated heterocycles. The molecule has 0 fully saturated rings. The second kappa shape index (κ2) is 8.01. The Kier molecular flexibility index (Phi) is 5.74. The van der Waals surface area contributed by atoms with Crippen molar-refractivity contribution >= 4 is 44.4 Å². The number of Topliss-reactive ketones (excluding diaryl/α,β-unsaturated/α-hetero) is 1. The summed E-state index contributed by atoms with van der Waals surface area (Å²) in [6.45, 7) is 5.89. The number of carbonyl (C=O) groups is 1. The summed E-state index contributed by atoms with van der Waals surface area (Å²) in [6.07, 6.45) is 1.66. The van der Waals surface area contributed by atoms with E-state index in [-0.39, 0.29) is 16.6 Å². The molecule has 0 aliphatic carbocycles. The number of fused-ring (bicyclic) bond motifs is 1. The van der Waals surface area contributed by atoms with Crippen LogP contribution >= 0.6 is 27.7 Å². The van der Waals surface area contributed by atoms with Crippen LogP contribution < -0.4 is 5.56 Å². The Labute approximate surface area is 164 Å². The van der Waals surface area contributed by atoms with E-state index < -0.39 is 0 Å². The molecule has 0 radical (unpaired) electrons. The number of halogens is 1. The zero-order valence-corrected chi connectivity index (χ0v) is 16.6. The molecule has 2 aromatic carbocycles. The molecular weight excluding hydrogens is 412 g/mol. The quantitative estimate of drug-likeness (QED) is 0.247. The van der Waals surface area contributed by atoms with Gasteiger partial charge in [-0.05, 0) is 31.2 Å². The van der Waals surface area contributed by atoms with E-state index in [0.29, 0.717) is 28.2 Å². The molecule has 1 heterocycles. The molecule has 0 aliphatic heterocycles. The maximum atomic E-state index is 12.8. The van der Waals surface area contributed by atoms with Crippen LogP contribution in [-0.2, 0) is 6.54 Å². The monoisotopic (exact) mass is 428 g/mol. The second-order valence-corrected chi connectivity index (χ2v) is 7.97. The first kappa shape index (κ1) is 18.6. The molecule has 26 heavy (non-hydrogen) atoms. The number of hydrogen-bond donors (Lipinski definition) is 0. The summed E-state index contributed by atoms with van der Waals surface area (Å²) in [7, 11) is 0. The molecular formula is C20H17BrN2O2S. The third-order valence-electron chi connectivity index (χ3n) is 3.92. The predicted molar refractivity (Wildman–Crippen MR) is 110 cm³/mol. The lowest BCUT2D eigenvalue weighted by Gasteiger charge is -2.15. The van der Waals surface area contributed by atoms with E-state index in [0.717, 1.165) is 4.47 Å². The first-order chi connectivity index (χ1) is 12.5. The molecule has 0 aliphatic rings. The van der Waals surface area contributed by atoms with Crippen LogP contribution in [0.5, 0.6) is 0 Å². The van der Waals surface area contributed by atoms with Crippen LogP contribution in [0, 0.1) is 0 Å². The maximum absolute atomic E-state index is 12.8. The van der Waals surface area contributed by atoms with Gasteiger partial charge in [-0.3, -0.25) is 14.2 Å². The van der Waals surface area contributed by atoms with E-state index in [4.69, 9.17) is 0 Å². The van der Waals surface area contributed by atoms with Crippen molar-refractivity contribution in [3.05, 3.63) is 81.6 Å². The van der Waals surface area contributed by atoms with E-state index in [1.54, 1.807) is 34.9 Å². The van der Waals surface area contributed by atoms with E-state index in [9.17, 15) is 9.59 Å². The van der Waals surface area contributed by atoms with Crippen LogP contribution in [-0.4, -0.2) is 20.6 Å². The van der Waals surface area contributed by atoms with Crippen molar-refractivity contribution in [1.82, 2.24) is 9.55 Å². The van der Waals surface area contributed by atoms with E-state index in [2.05, 4.69) is 27.5 Å². The lowest BCUT2D eigenvalue weighted by atomic mass is 10.1. The van der Waals surface area contributed by atoms with Gasteiger partial charge in [0.15, 0.2) is 10.9 Å². The van der Waals surface area contributed by atoms with E-state index in [1.165, 1.54) is 11.8 Å². The first-order valence-corrected chi connectivity index (χ1v) is 9.75. The number of aromatic nitrogens is 2. The van der Waals surface area contributed by atoms with Crippen molar-refractivity contribution in [3.63, 3.8) is 0 Å². The third kappa shape index (κ3) is 3.81.